The number of cyclic esters (lactones) is 1. The van der Waals surface area contributed by atoms with Crippen LogP contribution in [0, 0.1) is 106 Å². The molecule has 10 aliphatic rings. The number of carbonyl (C=O) groups excluding carboxylic acids is 3. The van der Waals surface area contributed by atoms with E-state index in [9.17, 15) is 50.4 Å². The van der Waals surface area contributed by atoms with Crippen LogP contribution in [-0.4, -0.2) is 143 Å². The fraction of sp³-hybridized carbons (Fsp3) is 0.667. The quantitative estimate of drug-likeness (QED) is 0.0402. The molecule has 1 aromatic carbocycles. The van der Waals surface area contributed by atoms with Crippen molar-refractivity contribution in [2.45, 2.75) is 139 Å². The Morgan fingerprint density at radius 3 is 2.44 bits per heavy atom. The third-order valence-electron chi connectivity index (χ3n) is 23.5. The number of ketones is 2. The van der Waals surface area contributed by atoms with E-state index in [2.05, 4.69) is 52.3 Å². The number of fused-ring (bicyclic) bond motifs is 8. The van der Waals surface area contributed by atoms with Gasteiger partial charge in [-0.2, -0.15) is 0 Å². The number of nitrogens with one attached hydrogen (secondary N) is 2. The number of benzene rings is 1. The number of allylic oxidation sites excluding steroid dienone is 5. The molecule has 2 aliphatic heterocycles. The monoisotopic (exact) mass is 1210 g/mol. The number of aliphatic imine (C=N–C) groups is 1. The van der Waals surface area contributed by atoms with Crippen LogP contribution in [0.5, 0.6) is 5.75 Å². The number of nitrogens with two attached hydrogens (primary N) is 2. The Bertz CT molecular complexity index is 3060. The lowest BCUT2D eigenvalue weighted by molar-refractivity contribution is -0.194. The molecule has 0 amide bonds. The first-order valence-corrected chi connectivity index (χ1v) is 33.7. The zero-order chi connectivity index (χ0) is 60.1. The predicted molar refractivity (Wildman–Crippen MR) is 324 cm³/mol. The third kappa shape index (κ3) is 10.2. The largest absolute Gasteiger partial charge is 0.508 e. The lowest BCUT2D eigenvalue weighted by Crippen LogP contribution is -2.67. The molecular weight excluding hydrogens is 1120 g/mol. The minimum atomic E-state index is -2.03. The maximum Gasteiger partial charge on any atom is 0.313 e. The number of aromatic hydroxyl groups is 1. The summed E-state index contributed by atoms with van der Waals surface area (Å²) in [4.78, 5) is 52.8. The number of H-pyrrole nitrogens is 1. The zero-order valence-corrected chi connectivity index (χ0v) is 50.6. The summed E-state index contributed by atoms with van der Waals surface area (Å²) >= 11 is 0. The van der Waals surface area contributed by atoms with Crippen LogP contribution in [0.15, 0.2) is 82.8 Å². The van der Waals surface area contributed by atoms with Gasteiger partial charge in [-0.3, -0.25) is 19.4 Å². The van der Waals surface area contributed by atoms with E-state index in [1.54, 1.807) is 37.4 Å². The third-order valence-corrected chi connectivity index (χ3v) is 26.1. The van der Waals surface area contributed by atoms with Crippen molar-refractivity contribution in [1.82, 2.24) is 10.3 Å². The maximum absolute atomic E-state index is 16.2. The van der Waals surface area contributed by atoms with Gasteiger partial charge in [0.05, 0.1) is 54.3 Å². The van der Waals surface area contributed by atoms with Gasteiger partial charge in [-0.15, -0.1) is 5.92 Å². The van der Waals surface area contributed by atoms with E-state index < -0.39 is 106 Å². The summed E-state index contributed by atoms with van der Waals surface area (Å²) in [5.74, 6) is 0.874. The number of Topliss-reactive ketones (excluding diaryl/α,β-unsaturated/α-hetero) is 2. The van der Waals surface area contributed by atoms with Gasteiger partial charge < -0.3 is 67.4 Å². The van der Waals surface area contributed by atoms with E-state index in [1.807, 2.05) is 19.2 Å². The topological polar surface area (TPSA) is 315 Å². The van der Waals surface area contributed by atoms with E-state index >= 15 is 4.79 Å². The standard InChI is InChI=1S/C66H87N5O12S2/c1-33-7-8-35-22-36-11-14-43-42(45-30-83-61(80)53(45)38-16-19-69-27-38)6-4-5-37-25-66(82)56-47(15-17-65(66,18-20-70-62(67)68)60(37)64(3,81)51(77)24-39(28-72)52(36)54(43)44(35)21-33)63(2)26-50(76)58(78)46-32-85-84-31-40(34-9-12-41(74)13-10-34)23-49(75)48(29-73)71-57(56)59(79)55(46)63/h9-14,16,19,22,27,33,36-37,39-40,42-48,50-55,58,60,69,71-74,76-78,81-82H,5,7-8,15,17-18,20-21,23-26,28-32H2,1-3H3,(H4,67,68,70). The second-order valence-electron chi connectivity index (χ2n) is 27.9. The Balaban J connectivity index is 1.04. The van der Waals surface area contributed by atoms with Crippen LogP contribution in [0.25, 0.3) is 0 Å². The normalized spacial score (nSPS) is 45.1. The molecule has 4 saturated carbocycles. The number of ether oxygens (including phenoxy) is 1. The van der Waals surface area contributed by atoms with Gasteiger partial charge in [0.1, 0.15) is 11.8 Å². The molecule has 8 aliphatic carbocycles. The van der Waals surface area contributed by atoms with Crippen molar-refractivity contribution in [1.29, 1.82) is 0 Å². The summed E-state index contributed by atoms with van der Waals surface area (Å²) in [6.45, 7) is 5.06. The Kier molecular flexibility index (Phi) is 16.7. The van der Waals surface area contributed by atoms with Crippen LogP contribution >= 0.6 is 21.6 Å². The highest BCUT2D eigenvalue weighted by Crippen LogP contribution is 2.73. The molecule has 24 unspecified atom stereocenters. The predicted octanol–water partition coefficient (Wildman–Crippen LogP) is 5.24. The number of aliphatic hydroxyl groups excluding tert-OH is 5. The van der Waals surface area contributed by atoms with Gasteiger partial charge in [-0.05, 0) is 158 Å². The molecule has 0 radical (unpaired) electrons. The van der Waals surface area contributed by atoms with Gasteiger partial charge in [0.15, 0.2) is 17.5 Å². The van der Waals surface area contributed by atoms with Gasteiger partial charge in [0.25, 0.3) is 0 Å². The molecule has 24 atom stereocenters. The highest BCUT2D eigenvalue weighted by Gasteiger charge is 2.75. The molecule has 14 N–H and O–H groups in total. The summed E-state index contributed by atoms with van der Waals surface area (Å²) < 4.78 is 6.02. The Labute approximate surface area is 506 Å². The maximum atomic E-state index is 16.2. The van der Waals surface area contributed by atoms with Gasteiger partial charge in [-0.25, -0.2) is 0 Å². The van der Waals surface area contributed by atoms with E-state index in [-0.39, 0.29) is 141 Å². The lowest BCUT2D eigenvalue weighted by Gasteiger charge is -2.63. The molecule has 1 aromatic heterocycles. The molecule has 6 bridgehead atoms. The minimum Gasteiger partial charge on any atom is -0.508 e. The second-order valence-corrected chi connectivity index (χ2v) is 30.4. The first-order chi connectivity index (χ1) is 40.6. The van der Waals surface area contributed by atoms with Gasteiger partial charge in [0, 0.05) is 90.8 Å². The summed E-state index contributed by atoms with van der Waals surface area (Å²) in [5, 5.41) is 103. The smallest absolute Gasteiger partial charge is 0.313 e. The van der Waals surface area contributed by atoms with E-state index in [4.69, 9.17) is 16.2 Å². The number of aromatic amines is 1. The number of hydrogen-bond acceptors (Lipinski definition) is 16. The van der Waals surface area contributed by atoms with Crippen molar-refractivity contribution in [2.75, 3.05) is 37.9 Å². The number of guanidine groups is 1. The molecule has 0 spiro atoms. The number of phenols is 1. The van der Waals surface area contributed by atoms with Gasteiger partial charge >= 0.3 is 5.97 Å². The van der Waals surface area contributed by atoms with Gasteiger partial charge in [-0.1, -0.05) is 77.3 Å². The number of phenolic OH excluding ortho intramolecular Hbond substituents is 1. The van der Waals surface area contributed by atoms with Crippen molar-refractivity contribution in [3.63, 3.8) is 0 Å². The Morgan fingerprint density at radius 1 is 0.929 bits per heavy atom. The average molecular weight is 1210 g/mol. The molecule has 2 aromatic rings. The first kappa shape index (κ1) is 60.7. The molecule has 2 saturated heterocycles. The van der Waals surface area contributed by atoms with E-state index in [0.717, 1.165) is 30.4 Å². The first-order valence-electron chi connectivity index (χ1n) is 31.2. The number of esters is 1. The number of nitrogens with zero attached hydrogens (tertiary/aromatic N) is 1. The summed E-state index contributed by atoms with van der Waals surface area (Å²) in [7, 11) is 2.96. The van der Waals surface area contributed by atoms with Crippen LogP contribution < -0.4 is 16.8 Å². The Hall–Kier alpha value is -4.62. The lowest BCUT2D eigenvalue weighted by atomic mass is 9.43. The number of aromatic nitrogens is 1. The SMILES string of the molecule is CC1CCC2=CC3C=CC4C(C5COC(=O)C5c5cc[nH]c5)C#CCC5CC6(O)C7=C8NC(CO)C(=O)CC(c9ccc(O)cc9)CSSCC9C(O)C(O)CC(C)(C7CCC6(CCN=C(N)N)C5C(C)(O)C(O)CC(CO)C3C4C2C1)C9C8=O. The van der Waals surface area contributed by atoms with Crippen LogP contribution in [0.2, 0.25) is 0 Å². The highest BCUT2D eigenvalue weighted by atomic mass is 33.1. The van der Waals surface area contributed by atoms with Crippen molar-refractivity contribution in [3.05, 3.63) is 88.9 Å². The summed E-state index contributed by atoms with van der Waals surface area (Å²) in [5.41, 5.74) is 8.95. The van der Waals surface area contributed by atoms with E-state index in [1.165, 1.54) is 27.2 Å². The number of hydrogen-bond donors (Lipinski definition) is 12. The Morgan fingerprint density at radius 2 is 1.71 bits per heavy atom. The molecule has 85 heavy (non-hydrogen) atoms. The molecule has 19 heteroatoms. The van der Waals surface area contributed by atoms with E-state index in [0.29, 0.717) is 23.7 Å². The highest BCUT2D eigenvalue weighted by molar-refractivity contribution is 8.76. The van der Waals surface area contributed by atoms with Crippen molar-refractivity contribution >= 4 is 45.1 Å². The zero-order valence-electron chi connectivity index (χ0n) is 49.0. The van der Waals surface area contributed by atoms with Crippen LogP contribution in [0.4, 0.5) is 0 Å². The molecule has 12 rings (SSSR count). The van der Waals surface area contributed by atoms with Crippen LogP contribution in [0.3, 0.4) is 0 Å². The van der Waals surface area contributed by atoms with Crippen LogP contribution in [0.1, 0.15) is 114 Å². The molecular formula is C66H87N5O12S2. The molecule has 3 heterocycles. The number of rotatable bonds is 8. The summed E-state index contributed by atoms with van der Waals surface area (Å²) in [6, 6.07) is 7.23. The molecule has 6 fully saturated rings. The number of aliphatic hydroxyl groups is 7. The van der Waals surface area contributed by atoms with Crippen molar-refractivity contribution < 1.29 is 60.0 Å². The number of carbonyl (C=O) groups is 3. The van der Waals surface area contributed by atoms with Gasteiger partial charge in [0.2, 0.25) is 0 Å². The van der Waals surface area contributed by atoms with Crippen molar-refractivity contribution in [3.8, 4) is 17.6 Å². The summed E-state index contributed by atoms with van der Waals surface area (Å²) in [6.07, 6.45) is 10.3. The second kappa shape index (κ2) is 23.4. The average Bonchev–Trinajstić information content (AvgIpc) is 1.64. The van der Waals surface area contributed by atoms with Crippen molar-refractivity contribution in [2.24, 2.45) is 110 Å². The van der Waals surface area contributed by atoms with Crippen LogP contribution in [-0.2, 0) is 19.1 Å². The molecule has 460 valence electrons. The fourth-order valence-electron chi connectivity index (χ4n) is 19.9. The fourth-order valence-corrected chi connectivity index (χ4v) is 22.6. The minimum absolute atomic E-state index is 0.0105. The molecule has 17 nitrogen and oxygen atoms in total.